The van der Waals surface area contributed by atoms with E-state index in [1.807, 2.05) is 24.3 Å². The number of fused-ring (bicyclic) bond motifs is 11. The third-order valence-corrected chi connectivity index (χ3v) is 21.0. The molecule has 10 aromatic carbocycles. The van der Waals surface area contributed by atoms with Gasteiger partial charge in [0.1, 0.15) is 11.6 Å². The first kappa shape index (κ1) is 49.5. The number of hydrogen-bond acceptors (Lipinski definition) is 2. The van der Waals surface area contributed by atoms with Crippen LogP contribution in [0.15, 0.2) is 206 Å². The summed E-state index contributed by atoms with van der Waals surface area (Å²) in [6.07, 6.45) is 6.49. The van der Waals surface area contributed by atoms with Gasteiger partial charge in [0.2, 0.25) is 0 Å². The molecule has 0 N–H and O–H groups in total. The summed E-state index contributed by atoms with van der Waals surface area (Å²) >= 11 is 0. The summed E-state index contributed by atoms with van der Waals surface area (Å²) in [4.78, 5) is 5.04. The van der Waals surface area contributed by atoms with Gasteiger partial charge in [0, 0.05) is 44.7 Å². The topological polar surface area (TPSA) is 6.48 Å². The Balaban J connectivity index is 0.923. The van der Waals surface area contributed by atoms with Crippen molar-refractivity contribution in [2.45, 2.75) is 89.9 Å². The first-order valence-electron chi connectivity index (χ1n) is 29.9. The second-order valence-corrected chi connectivity index (χ2v) is 26.0. The van der Waals surface area contributed by atoms with Gasteiger partial charge >= 0.3 is 0 Å². The SMILES string of the molecule is Cc1ccccc1N(c1ccc(-c2ccc(F)cc2)cc1)c1ccc2c(c1)C(C)(C)c1c-2ccc2c1C1(c3cc(N(c4ccc(-c5ccc(F)cc5)cc4)c4ccccc4C)c4c(c3-2)-c2ccccc2C4(C)C)C2CC3CC(C2)CC1C3. The van der Waals surface area contributed by atoms with E-state index in [0.717, 1.165) is 56.8 Å². The molecule has 0 heterocycles. The molecule has 402 valence electrons. The molecular weight excluding hydrogens is 1000 g/mol. The Hall–Kier alpha value is -8.34. The van der Waals surface area contributed by atoms with Gasteiger partial charge in [0.15, 0.2) is 0 Å². The quantitative estimate of drug-likeness (QED) is 0.150. The molecule has 0 atom stereocenters. The van der Waals surface area contributed by atoms with Crippen LogP contribution in [0.3, 0.4) is 0 Å². The highest BCUT2D eigenvalue weighted by atomic mass is 19.1. The minimum atomic E-state index is -0.331. The van der Waals surface area contributed by atoms with E-state index in [-0.39, 0.29) is 27.9 Å². The van der Waals surface area contributed by atoms with E-state index in [1.165, 1.54) is 122 Å². The molecule has 0 aliphatic heterocycles. The summed E-state index contributed by atoms with van der Waals surface area (Å²) in [7, 11) is 0. The van der Waals surface area contributed by atoms with Crippen LogP contribution in [0.4, 0.5) is 42.9 Å². The number of halogens is 2. The van der Waals surface area contributed by atoms with E-state index < -0.39 is 0 Å². The molecule has 4 bridgehead atoms. The molecule has 0 radical (unpaired) electrons. The van der Waals surface area contributed by atoms with Crippen LogP contribution in [0.5, 0.6) is 0 Å². The Bertz CT molecular complexity index is 4230. The number of rotatable bonds is 8. The average Bonchev–Trinajstić information content (AvgIpc) is 1.60. The smallest absolute Gasteiger partial charge is 0.123 e. The van der Waals surface area contributed by atoms with Crippen molar-refractivity contribution in [3.63, 3.8) is 0 Å². The van der Waals surface area contributed by atoms with E-state index in [4.69, 9.17) is 0 Å². The zero-order valence-corrected chi connectivity index (χ0v) is 47.6. The molecule has 7 aliphatic carbocycles. The van der Waals surface area contributed by atoms with Crippen molar-refractivity contribution in [3.05, 3.63) is 262 Å². The maximum Gasteiger partial charge on any atom is 0.123 e. The number of hydrogen-bond donors (Lipinski definition) is 0. The maximum atomic E-state index is 14.2. The molecule has 0 aromatic heterocycles. The van der Waals surface area contributed by atoms with Crippen LogP contribution in [0.2, 0.25) is 0 Å². The summed E-state index contributed by atoms with van der Waals surface area (Å²) in [6, 6.07) is 73.6. The van der Waals surface area contributed by atoms with E-state index in [1.54, 1.807) is 23.3 Å². The van der Waals surface area contributed by atoms with Gasteiger partial charge in [-0.1, -0.05) is 155 Å². The van der Waals surface area contributed by atoms with Gasteiger partial charge in [0.25, 0.3) is 0 Å². The summed E-state index contributed by atoms with van der Waals surface area (Å²) in [6.45, 7) is 14.5. The lowest BCUT2D eigenvalue weighted by molar-refractivity contribution is -0.0404. The fourth-order valence-corrected chi connectivity index (χ4v) is 17.7. The van der Waals surface area contributed by atoms with Crippen LogP contribution < -0.4 is 9.80 Å². The number of benzene rings is 10. The molecule has 10 aromatic rings. The van der Waals surface area contributed by atoms with Crippen LogP contribution >= 0.6 is 0 Å². The normalized spacial score (nSPS) is 21.2. The molecule has 82 heavy (non-hydrogen) atoms. The maximum absolute atomic E-state index is 14.2. The fraction of sp³-hybridized carbons (Fsp3) is 0.231. The molecular formula is C78H66F2N2. The highest BCUT2D eigenvalue weighted by Crippen LogP contribution is 2.74. The lowest BCUT2D eigenvalue weighted by atomic mass is 9.42. The van der Waals surface area contributed by atoms with E-state index in [2.05, 4.69) is 209 Å². The van der Waals surface area contributed by atoms with Crippen molar-refractivity contribution < 1.29 is 8.78 Å². The van der Waals surface area contributed by atoms with Crippen molar-refractivity contribution >= 4 is 34.1 Å². The molecule has 17 rings (SSSR count). The van der Waals surface area contributed by atoms with E-state index in [9.17, 15) is 8.78 Å². The summed E-state index contributed by atoms with van der Waals surface area (Å²) < 4.78 is 28.3. The van der Waals surface area contributed by atoms with Crippen LogP contribution in [0, 0.1) is 49.2 Å². The molecule has 1 spiro atoms. The second-order valence-electron chi connectivity index (χ2n) is 26.0. The zero-order chi connectivity index (χ0) is 55.6. The van der Waals surface area contributed by atoms with Gasteiger partial charge in [-0.2, -0.15) is 0 Å². The molecule has 7 aliphatic rings. The number of aryl methyl sites for hydroxylation is 2. The highest BCUT2D eigenvalue weighted by Gasteiger charge is 2.64. The predicted molar refractivity (Wildman–Crippen MR) is 334 cm³/mol. The minimum absolute atomic E-state index is 0.180. The number of anilines is 6. The molecule has 4 fully saturated rings. The Morgan fingerprint density at radius 2 is 0.817 bits per heavy atom. The van der Waals surface area contributed by atoms with Gasteiger partial charge in [-0.3, -0.25) is 0 Å². The van der Waals surface area contributed by atoms with Crippen LogP contribution in [-0.2, 0) is 16.2 Å². The minimum Gasteiger partial charge on any atom is -0.310 e. The van der Waals surface area contributed by atoms with Crippen LogP contribution in [0.1, 0.15) is 104 Å². The van der Waals surface area contributed by atoms with Gasteiger partial charge in [-0.15, -0.1) is 0 Å². The van der Waals surface area contributed by atoms with Crippen molar-refractivity contribution in [2.24, 2.45) is 23.7 Å². The van der Waals surface area contributed by atoms with Gasteiger partial charge in [-0.25, -0.2) is 8.78 Å². The Morgan fingerprint density at radius 3 is 1.39 bits per heavy atom. The number of nitrogens with zero attached hydrogens (tertiary/aromatic N) is 2. The highest BCUT2D eigenvalue weighted by molar-refractivity contribution is 6.05. The van der Waals surface area contributed by atoms with Crippen LogP contribution in [-0.4, -0.2) is 0 Å². The first-order chi connectivity index (χ1) is 39.8. The van der Waals surface area contributed by atoms with E-state index >= 15 is 0 Å². The second kappa shape index (κ2) is 17.8. The Kier molecular flexibility index (Phi) is 10.8. The zero-order valence-electron chi connectivity index (χ0n) is 47.6. The molecule has 0 saturated heterocycles. The third-order valence-electron chi connectivity index (χ3n) is 21.0. The lowest BCUT2D eigenvalue weighted by Crippen LogP contribution is -2.56. The standard InChI is InChI=1S/C78H66F2N2/c1-46-13-7-11-17-68(46)81(58-31-23-52(24-32-58)50-19-27-56(79)28-20-50)60-35-36-61-62-37-38-64-71-67(78(74(64)73(62)77(5,6)66(61)44-60)54-40-48-39-49(42-54)43-55(78)41-48)45-70(75-72(71)63-15-9-10-16-65(63)76(75,3)4)82(69-18-12-8-14-47(69)2)59-33-25-53(26-34-59)51-21-29-57(80)30-22-51/h7-38,44-45,48-49,54-55H,39-43H2,1-6H3. The fourth-order valence-electron chi connectivity index (χ4n) is 17.7. The van der Waals surface area contributed by atoms with Crippen molar-refractivity contribution in [1.29, 1.82) is 0 Å². The third kappa shape index (κ3) is 6.96. The lowest BCUT2D eigenvalue weighted by Gasteiger charge is -2.61. The van der Waals surface area contributed by atoms with Gasteiger partial charge in [0.05, 0.1) is 5.69 Å². The average molecular weight is 1070 g/mol. The Labute approximate surface area is 481 Å². The summed E-state index contributed by atoms with van der Waals surface area (Å²) in [5.74, 6) is 2.15. The monoisotopic (exact) mass is 1070 g/mol. The van der Waals surface area contributed by atoms with Crippen LogP contribution in [0.25, 0.3) is 55.6 Å². The first-order valence-corrected chi connectivity index (χ1v) is 29.9. The number of para-hydroxylation sites is 2. The molecule has 0 amide bonds. The Morgan fingerprint density at radius 1 is 0.354 bits per heavy atom. The van der Waals surface area contributed by atoms with Crippen molar-refractivity contribution in [2.75, 3.05) is 9.80 Å². The van der Waals surface area contributed by atoms with Crippen molar-refractivity contribution in [1.82, 2.24) is 0 Å². The largest absolute Gasteiger partial charge is 0.310 e. The van der Waals surface area contributed by atoms with Gasteiger partial charge < -0.3 is 9.80 Å². The summed E-state index contributed by atoms with van der Waals surface area (Å²) in [5.41, 5.74) is 29.9. The molecule has 2 nitrogen and oxygen atoms in total. The molecule has 4 heteroatoms. The van der Waals surface area contributed by atoms with Gasteiger partial charge in [-0.05, 0) is 249 Å². The summed E-state index contributed by atoms with van der Waals surface area (Å²) in [5, 5.41) is 0. The van der Waals surface area contributed by atoms with E-state index in [0.29, 0.717) is 11.8 Å². The van der Waals surface area contributed by atoms with Crippen molar-refractivity contribution in [3.8, 4) is 55.6 Å². The molecule has 4 saturated carbocycles. The predicted octanol–water partition coefficient (Wildman–Crippen LogP) is 21.2. The molecule has 0 unspecified atom stereocenters.